The van der Waals surface area contributed by atoms with E-state index in [0.717, 1.165) is 0 Å². The molecule has 1 atom stereocenters. The van der Waals surface area contributed by atoms with Crippen LogP contribution in [0.2, 0.25) is 5.02 Å². The van der Waals surface area contributed by atoms with Crippen LogP contribution in [0.4, 0.5) is 13.2 Å². The Morgan fingerprint density at radius 3 is 2.60 bits per heavy atom. The molecule has 20 heavy (non-hydrogen) atoms. The average Bonchev–Trinajstić information content (AvgIpc) is 2.36. The predicted octanol–water partition coefficient (Wildman–Crippen LogP) is 3.58. The first-order valence-corrected chi connectivity index (χ1v) is 6.46. The summed E-state index contributed by atoms with van der Waals surface area (Å²) in [6, 6.07) is 4.57. The van der Waals surface area contributed by atoms with E-state index in [9.17, 15) is 13.2 Å². The van der Waals surface area contributed by atoms with Gasteiger partial charge in [-0.25, -0.2) is 0 Å². The number of alkyl halides is 3. The second kappa shape index (κ2) is 7.71. The highest BCUT2D eigenvalue weighted by atomic mass is 35.5. The number of nitrogens with one attached hydrogen (secondary N) is 1. The summed E-state index contributed by atoms with van der Waals surface area (Å²) >= 11 is 5.92. The third kappa shape index (κ3) is 5.56. The second-order valence-corrected chi connectivity index (χ2v) is 4.56. The minimum Gasteiger partial charge on any atom is -0.496 e. The highest BCUT2D eigenvalue weighted by Crippen LogP contribution is 2.29. The standard InChI is InChI=1S/C13H17ClF3NO2/c1-3-18-11(7-20-8-13(15,16)17)10-6-9(14)4-5-12(10)19-2/h4-6,11,18H,3,7-8H2,1-2H3. The largest absolute Gasteiger partial charge is 0.496 e. The molecule has 0 aromatic heterocycles. The lowest BCUT2D eigenvalue weighted by Gasteiger charge is -2.21. The molecule has 1 aromatic rings. The van der Waals surface area contributed by atoms with E-state index in [2.05, 4.69) is 5.32 Å². The van der Waals surface area contributed by atoms with Gasteiger partial charge in [-0.05, 0) is 24.7 Å². The molecular weight excluding hydrogens is 295 g/mol. The lowest BCUT2D eigenvalue weighted by Crippen LogP contribution is -2.28. The molecule has 1 unspecified atom stereocenters. The van der Waals surface area contributed by atoms with Crippen molar-refractivity contribution in [1.29, 1.82) is 0 Å². The van der Waals surface area contributed by atoms with Gasteiger partial charge in [0.2, 0.25) is 0 Å². The number of rotatable bonds is 7. The van der Waals surface area contributed by atoms with Gasteiger partial charge in [-0.15, -0.1) is 0 Å². The average molecular weight is 312 g/mol. The molecule has 3 nitrogen and oxygen atoms in total. The molecule has 1 aromatic carbocycles. The van der Waals surface area contributed by atoms with E-state index < -0.39 is 18.8 Å². The van der Waals surface area contributed by atoms with E-state index in [1.54, 1.807) is 18.2 Å². The normalized spacial score (nSPS) is 13.3. The van der Waals surface area contributed by atoms with Crippen molar-refractivity contribution >= 4 is 11.6 Å². The van der Waals surface area contributed by atoms with Crippen molar-refractivity contribution in [2.45, 2.75) is 19.1 Å². The number of hydrogen-bond donors (Lipinski definition) is 1. The van der Waals surface area contributed by atoms with Crippen molar-refractivity contribution in [2.75, 3.05) is 26.9 Å². The first kappa shape index (κ1) is 17.1. The van der Waals surface area contributed by atoms with Crippen LogP contribution in [0, 0.1) is 0 Å². The zero-order chi connectivity index (χ0) is 15.2. The van der Waals surface area contributed by atoms with Crippen LogP contribution in [0.15, 0.2) is 18.2 Å². The van der Waals surface area contributed by atoms with Crippen LogP contribution in [-0.4, -0.2) is 33.0 Å². The fourth-order valence-corrected chi connectivity index (χ4v) is 1.96. The number of halogens is 4. The summed E-state index contributed by atoms with van der Waals surface area (Å²) < 4.78 is 46.3. The Hall–Kier alpha value is -0.980. The van der Waals surface area contributed by atoms with Crippen LogP contribution in [0.1, 0.15) is 18.5 Å². The SMILES string of the molecule is CCNC(COCC(F)(F)F)c1cc(Cl)ccc1OC. The Bertz CT molecular complexity index is 427. The molecule has 0 aliphatic carbocycles. The smallest absolute Gasteiger partial charge is 0.411 e. The van der Waals surface area contributed by atoms with Gasteiger partial charge in [0.25, 0.3) is 0 Å². The Balaban J connectivity index is 2.82. The van der Waals surface area contributed by atoms with Crippen molar-refractivity contribution in [3.05, 3.63) is 28.8 Å². The highest BCUT2D eigenvalue weighted by Gasteiger charge is 2.28. The molecule has 0 aliphatic heterocycles. The zero-order valence-corrected chi connectivity index (χ0v) is 12.0. The summed E-state index contributed by atoms with van der Waals surface area (Å²) in [6.07, 6.45) is -4.34. The van der Waals surface area contributed by atoms with Crippen molar-refractivity contribution in [2.24, 2.45) is 0 Å². The fourth-order valence-electron chi connectivity index (χ4n) is 1.78. The van der Waals surface area contributed by atoms with E-state index in [1.165, 1.54) is 7.11 Å². The van der Waals surface area contributed by atoms with E-state index in [0.29, 0.717) is 22.9 Å². The van der Waals surface area contributed by atoms with Gasteiger partial charge >= 0.3 is 6.18 Å². The van der Waals surface area contributed by atoms with Crippen LogP contribution < -0.4 is 10.1 Å². The van der Waals surface area contributed by atoms with Gasteiger partial charge in [0.05, 0.1) is 19.8 Å². The number of methoxy groups -OCH3 is 1. The van der Waals surface area contributed by atoms with Crippen molar-refractivity contribution in [1.82, 2.24) is 5.32 Å². The summed E-state index contributed by atoms with van der Waals surface area (Å²) in [5, 5.41) is 3.54. The van der Waals surface area contributed by atoms with Crippen molar-refractivity contribution in [3.8, 4) is 5.75 Å². The number of likely N-dealkylation sites (N-methyl/N-ethyl adjacent to an activating group) is 1. The van der Waals surface area contributed by atoms with Crippen molar-refractivity contribution in [3.63, 3.8) is 0 Å². The molecule has 0 fully saturated rings. The summed E-state index contributed by atoms with van der Waals surface area (Å²) in [5.41, 5.74) is 0.670. The maximum absolute atomic E-state index is 12.1. The first-order valence-electron chi connectivity index (χ1n) is 6.08. The number of hydrogen-bond acceptors (Lipinski definition) is 3. The molecule has 1 rings (SSSR count). The van der Waals surface area contributed by atoms with Crippen molar-refractivity contribution < 1.29 is 22.6 Å². The maximum Gasteiger partial charge on any atom is 0.411 e. The molecule has 0 saturated heterocycles. The van der Waals surface area contributed by atoms with E-state index in [4.69, 9.17) is 21.1 Å². The summed E-state index contributed by atoms with van der Waals surface area (Å²) in [4.78, 5) is 0. The Morgan fingerprint density at radius 2 is 2.05 bits per heavy atom. The van der Waals surface area contributed by atoms with Gasteiger partial charge in [0, 0.05) is 10.6 Å². The zero-order valence-electron chi connectivity index (χ0n) is 11.3. The lowest BCUT2D eigenvalue weighted by molar-refractivity contribution is -0.175. The van der Waals surface area contributed by atoms with Gasteiger partial charge in [-0.1, -0.05) is 18.5 Å². The molecule has 0 amide bonds. The molecule has 0 saturated carbocycles. The summed E-state index contributed by atoms with van der Waals surface area (Å²) in [5.74, 6) is 0.552. The Morgan fingerprint density at radius 1 is 1.35 bits per heavy atom. The minimum atomic E-state index is -4.34. The van der Waals surface area contributed by atoms with Gasteiger partial charge in [-0.2, -0.15) is 13.2 Å². The summed E-state index contributed by atoms with van der Waals surface area (Å²) in [7, 11) is 1.49. The molecule has 0 spiro atoms. The fraction of sp³-hybridized carbons (Fsp3) is 0.538. The molecular formula is C13H17ClF3NO2. The van der Waals surface area contributed by atoms with Crippen LogP contribution >= 0.6 is 11.6 Å². The van der Waals surface area contributed by atoms with Crippen LogP contribution in [0.25, 0.3) is 0 Å². The topological polar surface area (TPSA) is 30.5 Å². The third-order valence-electron chi connectivity index (χ3n) is 2.57. The second-order valence-electron chi connectivity index (χ2n) is 4.13. The van der Waals surface area contributed by atoms with E-state index in [-0.39, 0.29) is 6.61 Å². The van der Waals surface area contributed by atoms with Crippen LogP contribution in [0.3, 0.4) is 0 Å². The van der Waals surface area contributed by atoms with E-state index in [1.807, 2.05) is 6.92 Å². The Labute approximate surface area is 121 Å². The Kier molecular flexibility index (Phi) is 6.58. The van der Waals surface area contributed by atoms with Gasteiger partial charge in [0.15, 0.2) is 0 Å². The van der Waals surface area contributed by atoms with Gasteiger partial charge in [-0.3, -0.25) is 0 Å². The van der Waals surface area contributed by atoms with E-state index >= 15 is 0 Å². The number of benzene rings is 1. The van der Waals surface area contributed by atoms with Crippen LogP contribution in [0.5, 0.6) is 5.75 Å². The molecule has 7 heteroatoms. The molecule has 114 valence electrons. The van der Waals surface area contributed by atoms with Crippen LogP contribution in [-0.2, 0) is 4.74 Å². The highest BCUT2D eigenvalue weighted by molar-refractivity contribution is 6.30. The molecule has 0 heterocycles. The minimum absolute atomic E-state index is 0.121. The number of ether oxygens (including phenoxy) is 2. The van der Waals surface area contributed by atoms with Gasteiger partial charge < -0.3 is 14.8 Å². The monoisotopic (exact) mass is 311 g/mol. The quantitative estimate of drug-likeness (QED) is 0.835. The lowest BCUT2D eigenvalue weighted by atomic mass is 10.1. The molecule has 1 N–H and O–H groups in total. The predicted molar refractivity (Wildman–Crippen MR) is 71.3 cm³/mol. The summed E-state index contributed by atoms with van der Waals surface area (Å²) in [6.45, 7) is 1.03. The first-order chi connectivity index (χ1) is 9.37. The van der Waals surface area contributed by atoms with Gasteiger partial charge in [0.1, 0.15) is 12.4 Å². The maximum atomic E-state index is 12.1. The molecule has 0 aliphatic rings. The third-order valence-corrected chi connectivity index (χ3v) is 2.80. The molecule has 0 radical (unpaired) electrons. The molecule has 0 bridgehead atoms.